The fourth-order valence-corrected chi connectivity index (χ4v) is 14.0. The maximum Gasteiger partial charge on any atom is 0.187 e. The molecule has 0 unspecified atom stereocenters. The fraction of sp³-hybridized carbons (Fsp3) is 0.958. The summed E-state index contributed by atoms with van der Waals surface area (Å²) in [6.07, 6.45) is -10.4. The first-order valence-corrected chi connectivity index (χ1v) is 24.7. The first-order valence-electron chi connectivity index (χ1n) is 24.7. The van der Waals surface area contributed by atoms with Gasteiger partial charge in [0.2, 0.25) is 0 Å². The molecule has 4 aliphatic carbocycles. The molecule has 0 amide bonds. The quantitative estimate of drug-likeness (QED) is 0.112. The van der Waals surface area contributed by atoms with Crippen LogP contribution in [-0.4, -0.2) is 204 Å². The van der Waals surface area contributed by atoms with Crippen molar-refractivity contribution in [2.24, 2.45) is 28.6 Å². The van der Waals surface area contributed by atoms with E-state index in [1.807, 2.05) is 13.8 Å². The average molecular weight is 961 g/mol. The number of allylic oxidation sites excluding steroid dienone is 1. The lowest BCUT2D eigenvalue weighted by Gasteiger charge is -2.61. The second kappa shape index (κ2) is 20.8. The molecule has 4 saturated heterocycles. The van der Waals surface area contributed by atoms with Gasteiger partial charge in [0.1, 0.15) is 61.0 Å². The third-order valence-electron chi connectivity index (χ3n) is 17.9. The van der Waals surface area contributed by atoms with Crippen molar-refractivity contribution in [2.75, 3.05) is 34.5 Å². The summed E-state index contributed by atoms with van der Waals surface area (Å²) in [4.78, 5) is 0. The summed E-state index contributed by atoms with van der Waals surface area (Å²) in [7, 11) is 4.35. The van der Waals surface area contributed by atoms with Gasteiger partial charge in [0.05, 0.1) is 55.4 Å². The van der Waals surface area contributed by atoms with Crippen molar-refractivity contribution in [2.45, 2.75) is 227 Å². The highest BCUT2D eigenvalue weighted by molar-refractivity contribution is 5.28. The van der Waals surface area contributed by atoms with E-state index in [9.17, 15) is 40.9 Å². The average Bonchev–Trinajstić information content (AvgIpc) is 3.59. The van der Waals surface area contributed by atoms with Crippen molar-refractivity contribution >= 4 is 0 Å². The van der Waals surface area contributed by atoms with Gasteiger partial charge >= 0.3 is 0 Å². The Kier molecular flexibility index (Phi) is 16.3. The highest BCUT2D eigenvalue weighted by atomic mass is 16.8. The molecule has 4 aliphatic heterocycles. The smallest absolute Gasteiger partial charge is 0.187 e. The lowest BCUT2D eigenvalue weighted by molar-refractivity contribution is -0.381. The lowest BCUT2D eigenvalue weighted by atomic mass is 9.45. The molecule has 19 heteroatoms. The number of aliphatic hydroxyl groups excluding tert-OH is 7. The minimum Gasteiger partial charge on any atom is -0.394 e. The van der Waals surface area contributed by atoms with Gasteiger partial charge in [-0.15, -0.1) is 0 Å². The summed E-state index contributed by atoms with van der Waals surface area (Å²) in [6, 6.07) is 0. The van der Waals surface area contributed by atoms with Crippen molar-refractivity contribution in [3.8, 4) is 0 Å². The number of hydrogen-bond donors (Lipinski definition) is 8. The van der Waals surface area contributed by atoms with E-state index in [1.54, 1.807) is 14.0 Å². The van der Waals surface area contributed by atoms with E-state index in [0.717, 1.165) is 51.4 Å². The standard InChI is InChI=1S/C48H80O19/c1-22(51)27-13-16-48(56)29-10-9-25-17-26(11-14-46(25,4)28(29)12-15-47(27,48)5)62-34-19-31(58-7)40(24(3)61-34)66-44-38(54)37(53)41(32(20-49)63-44)67-45-39(55)43(59-8)42(33(21-50)64-45)65-35-18-30(57-6)36(52)23(2)60-35/h9,22-24,26-45,49-56H,10-21H2,1-8H3/t22-,23+,24+,26-,27+,28-,29+,30-,31-,32+,33+,34-,35-,36+,37+,38+,39+,40+,41+,42+,43+,44-,45-,46-,47+,48-/m0/s1. The molecule has 4 heterocycles. The molecular formula is C48H80O19. The molecule has 3 saturated carbocycles. The van der Waals surface area contributed by atoms with E-state index in [0.29, 0.717) is 12.3 Å². The molecule has 0 aromatic heterocycles. The van der Waals surface area contributed by atoms with Crippen molar-refractivity contribution in [1.29, 1.82) is 0 Å². The fourth-order valence-electron chi connectivity index (χ4n) is 14.0. The zero-order valence-electron chi connectivity index (χ0n) is 40.4. The van der Waals surface area contributed by atoms with Crippen molar-refractivity contribution in [1.82, 2.24) is 0 Å². The Morgan fingerprint density at radius 1 is 0.657 bits per heavy atom. The van der Waals surface area contributed by atoms with E-state index in [1.165, 1.54) is 19.8 Å². The number of aliphatic hydroxyl groups is 8. The Balaban J connectivity index is 0.861. The molecule has 0 aromatic carbocycles. The number of hydrogen-bond acceptors (Lipinski definition) is 19. The maximum atomic E-state index is 12.4. The van der Waals surface area contributed by atoms with Crippen LogP contribution in [0, 0.1) is 28.6 Å². The molecule has 0 bridgehead atoms. The summed E-state index contributed by atoms with van der Waals surface area (Å²) in [5.74, 6) is 0.626. The van der Waals surface area contributed by atoms with Gasteiger partial charge in [-0.05, 0) is 95.3 Å². The molecule has 8 aliphatic rings. The van der Waals surface area contributed by atoms with Crippen LogP contribution >= 0.6 is 0 Å². The molecule has 7 fully saturated rings. The van der Waals surface area contributed by atoms with Crippen LogP contribution in [0.25, 0.3) is 0 Å². The Morgan fingerprint density at radius 2 is 1.28 bits per heavy atom. The van der Waals surface area contributed by atoms with Gasteiger partial charge in [0, 0.05) is 39.6 Å². The van der Waals surface area contributed by atoms with Crippen molar-refractivity contribution in [3.63, 3.8) is 0 Å². The maximum absolute atomic E-state index is 12.4. The first-order chi connectivity index (χ1) is 31.9. The van der Waals surface area contributed by atoms with Crippen LogP contribution in [0.1, 0.15) is 98.8 Å². The van der Waals surface area contributed by atoms with E-state index >= 15 is 0 Å². The minimum absolute atomic E-state index is 0.0421. The van der Waals surface area contributed by atoms with Gasteiger partial charge in [-0.25, -0.2) is 0 Å². The molecule has 386 valence electrons. The van der Waals surface area contributed by atoms with Crippen LogP contribution in [0.2, 0.25) is 0 Å². The Bertz CT molecular complexity index is 1670. The molecule has 19 nitrogen and oxygen atoms in total. The van der Waals surface area contributed by atoms with Gasteiger partial charge in [-0.3, -0.25) is 0 Å². The predicted molar refractivity (Wildman–Crippen MR) is 234 cm³/mol. The molecular weight excluding hydrogens is 881 g/mol. The third-order valence-corrected chi connectivity index (χ3v) is 17.9. The van der Waals surface area contributed by atoms with Crippen LogP contribution in [0.5, 0.6) is 0 Å². The van der Waals surface area contributed by atoms with E-state index < -0.39 is 136 Å². The van der Waals surface area contributed by atoms with Crippen LogP contribution in [-0.2, 0) is 52.1 Å². The largest absolute Gasteiger partial charge is 0.394 e. The van der Waals surface area contributed by atoms with Crippen LogP contribution < -0.4 is 0 Å². The van der Waals surface area contributed by atoms with Crippen LogP contribution in [0.3, 0.4) is 0 Å². The highest BCUT2D eigenvalue weighted by Gasteiger charge is 2.67. The minimum atomic E-state index is -1.71. The Morgan fingerprint density at radius 3 is 1.94 bits per heavy atom. The number of rotatable bonds is 14. The highest BCUT2D eigenvalue weighted by Crippen LogP contribution is 2.68. The summed E-state index contributed by atoms with van der Waals surface area (Å²) >= 11 is 0. The van der Waals surface area contributed by atoms with Gasteiger partial charge in [0.15, 0.2) is 25.2 Å². The summed E-state index contributed by atoms with van der Waals surface area (Å²) in [5.41, 5.74) is 0.263. The number of methoxy groups -OCH3 is 3. The number of fused-ring (bicyclic) bond motifs is 5. The van der Waals surface area contributed by atoms with Gasteiger partial charge in [-0.1, -0.05) is 25.5 Å². The Labute approximate surface area is 394 Å². The van der Waals surface area contributed by atoms with Crippen molar-refractivity contribution in [3.05, 3.63) is 11.6 Å². The van der Waals surface area contributed by atoms with E-state index in [2.05, 4.69) is 19.9 Å². The Hall–Kier alpha value is -1.02. The normalized spacial score (nSPS) is 53.0. The third kappa shape index (κ3) is 9.47. The summed E-state index contributed by atoms with van der Waals surface area (Å²) in [6.45, 7) is 8.67. The monoisotopic (exact) mass is 961 g/mol. The van der Waals surface area contributed by atoms with E-state index in [-0.39, 0.29) is 35.2 Å². The topological polar surface area (TPSA) is 263 Å². The van der Waals surface area contributed by atoms with Crippen molar-refractivity contribution < 1.29 is 93.0 Å². The molecule has 0 radical (unpaired) electrons. The summed E-state index contributed by atoms with van der Waals surface area (Å²) in [5, 5.41) is 88.7. The SMILES string of the molecule is CO[C@@H]1[C@@H](O)[C@H](O[C@H]2[C@H](O)[C@@H](O)[C@H](O[C@H]3[C@@H](OC)C[C@H](O[C@H]4CC[C@@]5(C)C(=CC[C@@H]6[C@@H]5CC[C@]5(C)[C@@H]([C@H](C)O)CC[C@]65O)C4)O[C@@H]3C)O[C@@H]2CO)O[C@H](CO)[C@H]1O[C@H]1C[C@H](OC)[C@H](O)[C@@H](C)O1. The summed E-state index contributed by atoms with van der Waals surface area (Å²) < 4.78 is 66.3. The van der Waals surface area contributed by atoms with Crippen LogP contribution in [0.15, 0.2) is 11.6 Å². The van der Waals surface area contributed by atoms with Crippen LogP contribution in [0.4, 0.5) is 0 Å². The molecule has 0 spiro atoms. The molecule has 67 heavy (non-hydrogen) atoms. The molecule has 8 rings (SSSR count). The van der Waals surface area contributed by atoms with Gasteiger partial charge in [0.25, 0.3) is 0 Å². The number of ether oxygens (including phenoxy) is 11. The first kappa shape index (κ1) is 52.3. The van der Waals surface area contributed by atoms with Gasteiger partial charge in [-0.2, -0.15) is 0 Å². The van der Waals surface area contributed by atoms with E-state index in [4.69, 9.17) is 52.1 Å². The zero-order chi connectivity index (χ0) is 48.3. The molecule has 26 atom stereocenters. The van der Waals surface area contributed by atoms with Gasteiger partial charge < -0.3 is 93.0 Å². The lowest BCUT2D eigenvalue weighted by Crippen LogP contribution is -2.66. The molecule has 0 aromatic rings. The second-order valence-electron chi connectivity index (χ2n) is 21.3. The second-order valence-corrected chi connectivity index (χ2v) is 21.3. The zero-order valence-corrected chi connectivity index (χ0v) is 40.4. The predicted octanol–water partition coefficient (Wildman–Crippen LogP) is 0.795. The molecule has 8 N–H and O–H groups in total.